The molecule has 0 amide bonds. The van der Waals surface area contributed by atoms with Crippen molar-refractivity contribution in [1.82, 2.24) is 0 Å². The summed E-state index contributed by atoms with van der Waals surface area (Å²) in [6.45, 7) is 11.5. The third-order valence-electron chi connectivity index (χ3n) is 8.70. The molecule has 27 heavy (non-hydrogen) atoms. The Morgan fingerprint density at radius 1 is 1.33 bits per heavy atom. The van der Waals surface area contributed by atoms with Gasteiger partial charge in [-0.3, -0.25) is 4.79 Å². The predicted molar refractivity (Wildman–Crippen MR) is 102 cm³/mol. The maximum atomic E-state index is 13.1. The molecule has 5 nitrogen and oxygen atoms in total. The minimum Gasteiger partial charge on any atom is -0.460 e. The number of rotatable bonds is 3. The Morgan fingerprint density at radius 3 is 2.59 bits per heavy atom. The minimum atomic E-state index is -0.686. The molecule has 0 aromatic rings. The third-order valence-corrected chi connectivity index (χ3v) is 8.70. The van der Waals surface area contributed by atoms with Crippen LogP contribution in [0.1, 0.15) is 59.8 Å². The van der Waals surface area contributed by atoms with Crippen molar-refractivity contribution in [3.63, 3.8) is 0 Å². The summed E-state index contributed by atoms with van der Waals surface area (Å²) in [6.07, 6.45) is 4.10. The number of esters is 1. The second kappa shape index (κ2) is 6.70. The van der Waals surface area contributed by atoms with E-state index in [0.29, 0.717) is 12.8 Å². The van der Waals surface area contributed by atoms with Crippen LogP contribution in [0.4, 0.5) is 0 Å². The van der Waals surface area contributed by atoms with Gasteiger partial charge in [-0.2, -0.15) is 0 Å². The van der Waals surface area contributed by atoms with Gasteiger partial charge in [0.1, 0.15) is 18.5 Å². The summed E-state index contributed by atoms with van der Waals surface area (Å²) in [5, 5.41) is 20.6. The summed E-state index contributed by atoms with van der Waals surface area (Å²) in [5.41, 5.74) is -1.43. The van der Waals surface area contributed by atoms with Gasteiger partial charge in [-0.05, 0) is 42.9 Å². The molecular formula is C22H34O5. The smallest absolute Gasteiger partial charge is 0.332 e. The van der Waals surface area contributed by atoms with Crippen LogP contribution in [0.3, 0.4) is 0 Å². The normalized spacial score (nSPS) is 49.7. The largest absolute Gasteiger partial charge is 0.460 e. The van der Waals surface area contributed by atoms with Gasteiger partial charge in [0, 0.05) is 23.2 Å². The van der Waals surface area contributed by atoms with Crippen molar-refractivity contribution in [3.05, 3.63) is 12.7 Å². The topological polar surface area (TPSA) is 83.8 Å². The summed E-state index contributed by atoms with van der Waals surface area (Å²) < 4.78 is 5.77. The van der Waals surface area contributed by atoms with E-state index in [0.717, 1.165) is 19.3 Å². The zero-order valence-corrected chi connectivity index (χ0v) is 17.0. The number of carbonyl (C=O) groups is 2. The lowest BCUT2D eigenvalue weighted by molar-refractivity contribution is -0.207. The van der Waals surface area contributed by atoms with Crippen LogP contribution >= 0.6 is 0 Å². The molecule has 3 saturated carbocycles. The SMILES string of the molecule is C=C[C@]1(C)CC(OC(=O)CO)C2(C)C(C)CCC3(CCC(=O)C32)C(C)C1O. The fourth-order valence-corrected chi connectivity index (χ4v) is 6.70. The fourth-order valence-electron chi connectivity index (χ4n) is 6.70. The van der Waals surface area contributed by atoms with Gasteiger partial charge in [-0.1, -0.05) is 33.8 Å². The lowest BCUT2D eigenvalue weighted by atomic mass is 9.44. The molecule has 0 radical (unpaired) electrons. The van der Waals surface area contributed by atoms with Crippen molar-refractivity contribution in [1.29, 1.82) is 0 Å². The van der Waals surface area contributed by atoms with Gasteiger partial charge in [0.2, 0.25) is 0 Å². The van der Waals surface area contributed by atoms with Crippen molar-refractivity contribution in [3.8, 4) is 0 Å². The zero-order valence-electron chi connectivity index (χ0n) is 17.0. The van der Waals surface area contributed by atoms with Gasteiger partial charge in [0.15, 0.2) is 0 Å². The van der Waals surface area contributed by atoms with Gasteiger partial charge in [-0.15, -0.1) is 6.58 Å². The second-order valence-corrected chi connectivity index (χ2v) is 9.72. The first-order chi connectivity index (χ1) is 12.6. The van der Waals surface area contributed by atoms with Crippen LogP contribution in [0.15, 0.2) is 12.7 Å². The van der Waals surface area contributed by atoms with E-state index in [1.165, 1.54) is 0 Å². The Labute approximate surface area is 162 Å². The molecule has 7 unspecified atom stereocenters. The van der Waals surface area contributed by atoms with E-state index < -0.39 is 35.6 Å². The minimum absolute atomic E-state index is 0.0433. The number of Topliss-reactive ketones (excluding diaryl/α,β-unsaturated/α-hetero) is 1. The maximum absolute atomic E-state index is 13.1. The average Bonchev–Trinajstić information content (AvgIpc) is 3.00. The number of aliphatic hydroxyl groups excluding tert-OH is 2. The van der Waals surface area contributed by atoms with Crippen LogP contribution in [0.2, 0.25) is 0 Å². The number of carbonyl (C=O) groups excluding carboxylic acids is 2. The lowest BCUT2D eigenvalue weighted by Crippen LogP contribution is -2.63. The van der Waals surface area contributed by atoms with E-state index in [9.17, 15) is 19.8 Å². The van der Waals surface area contributed by atoms with Gasteiger partial charge in [-0.25, -0.2) is 4.79 Å². The first-order valence-electron chi connectivity index (χ1n) is 10.2. The predicted octanol–water partition coefficient (Wildman–Crippen LogP) is 2.89. The number of ether oxygens (including phenoxy) is 1. The molecular weight excluding hydrogens is 344 g/mol. The summed E-state index contributed by atoms with van der Waals surface area (Å²) in [7, 11) is 0. The number of hydrogen-bond acceptors (Lipinski definition) is 5. The maximum Gasteiger partial charge on any atom is 0.332 e. The molecule has 0 spiro atoms. The second-order valence-electron chi connectivity index (χ2n) is 9.72. The van der Waals surface area contributed by atoms with Crippen molar-refractivity contribution in [2.75, 3.05) is 6.61 Å². The Bertz CT molecular complexity index is 645. The molecule has 3 fully saturated rings. The van der Waals surface area contributed by atoms with Crippen LogP contribution in [-0.4, -0.2) is 40.8 Å². The molecule has 0 saturated heterocycles. The van der Waals surface area contributed by atoms with E-state index in [1.807, 2.05) is 6.92 Å². The molecule has 0 aliphatic heterocycles. The third kappa shape index (κ3) is 2.72. The zero-order chi connectivity index (χ0) is 20.2. The molecule has 5 heteroatoms. The molecule has 0 aromatic carbocycles. The van der Waals surface area contributed by atoms with Crippen LogP contribution in [0, 0.1) is 34.0 Å². The van der Waals surface area contributed by atoms with E-state index >= 15 is 0 Å². The molecule has 2 N–H and O–H groups in total. The molecule has 0 aromatic heterocycles. The van der Waals surface area contributed by atoms with Crippen molar-refractivity contribution in [2.24, 2.45) is 34.0 Å². The van der Waals surface area contributed by atoms with E-state index in [4.69, 9.17) is 4.74 Å². The Kier molecular flexibility index (Phi) is 5.09. The number of aliphatic hydroxyl groups is 2. The highest BCUT2D eigenvalue weighted by Crippen LogP contribution is 2.67. The summed E-state index contributed by atoms with van der Waals surface area (Å²) in [5.74, 6) is -0.520. The summed E-state index contributed by atoms with van der Waals surface area (Å²) in [6, 6.07) is 0. The highest BCUT2D eigenvalue weighted by molar-refractivity contribution is 5.85. The van der Waals surface area contributed by atoms with Gasteiger partial charge in [0.05, 0.1) is 6.10 Å². The quantitative estimate of drug-likeness (QED) is 0.583. The highest BCUT2D eigenvalue weighted by Gasteiger charge is 2.68. The van der Waals surface area contributed by atoms with E-state index in [1.54, 1.807) is 6.08 Å². The van der Waals surface area contributed by atoms with Crippen molar-refractivity contribution in [2.45, 2.75) is 72.0 Å². The van der Waals surface area contributed by atoms with E-state index in [2.05, 4.69) is 27.4 Å². The molecule has 2 bridgehead atoms. The van der Waals surface area contributed by atoms with Crippen LogP contribution in [0.25, 0.3) is 0 Å². The van der Waals surface area contributed by atoms with Gasteiger partial charge >= 0.3 is 5.97 Å². The van der Waals surface area contributed by atoms with Crippen LogP contribution in [0.5, 0.6) is 0 Å². The van der Waals surface area contributed by atoms with E-state index in [-0.39, 0.29) is 29.0 Å². The van der Waals surface area contributed by atoms with Crippen molar-refractivity contribution >= 4 is 11.8 Å². The van der Waals surface area contributed by atoms with Crippen molar-refractivity contribution < 1.29 is 24.5 Å². The molecule has 0 heterocycles. The Balaban J connectivity index is 2.21. The first kappa shape index (κ1) is 20.5. The average molecular weight is 379 g/mol. The summed E-state index contributed by atoms with van der Waals surface area (Å²) >= 11 is 0. The Hall–Kier alpha value is -1.20. The fraction of sp³-hybridized carbons (Fsp3) is 0.818. The van der Waals surface area contributed by atoms with Crippen LogP contribution in [-0.2, 0) is 14.3 Å². The summed E-state index contributed by atoms with van der Waals surface area (Å²) in [4.78, 5) is 25.2. The van der Waals surface area contributed by atoms with Gasteiger partial charge < -0.3 is 14.9 Å². The standard InChI is InChI=1S/C22H34O5/c1-6-20(4)11-16(27-17(25)12-23)21(5)13(2)7-9-22(14(3)19(20)26)10-8-15(24)18(21)22/h6,13-14,16,18-19,23,26H,1,7-12H2,2-5H3/t13?,14?,16?,18?,19?,20-,21?,22?/m1/s1. The first-order valence-corrected chi connectivity index (χ1v) is 10.2. The van der Waals surface area contributed by atoms with Crippen LogP contribution < -0.4 is 0 Å². The number of hydrogen-bond donors (Lipinski definition) is 2. The molecule has 8 atom stereocenters. The monoisotopic (exact) mass is 378 g/mol. The van der Waals surface area contributed by atoms with Gasteiger partial charge in [0.25, 0.3) is 0 Å². The molecule has 152 valence electrons. The Morgan fingerprint density at radius 2 is 2.00 bits per heavy atom. The molecule has 3 rings (SSSR count). The highest BCUT2D eigenvalue weighted by atomic mass is 16.6. The lowest BCUT2D eigenvalue weighted by Gasteiger charge is -2.61. The molecule has 3 aliphatic rings. The molecule has 3 aliphatic carbocycles. The number of ketones is 1.